The SMILES string of the molecule is CCCC(CC)CC(CC)c1ncc[nH]1. The second kappa shape index (κ2) is 6.65. The second-order valence-corrected chi connectivity index (χ2v) is 4.38. The molecule has 1 N–H and O–H groups in total. The summed E-state index contributed by atoms with van der Waals surface area (Å²) in [5.74, 6) is 2.66. The van der Waals surface area contributed by atoms with E-state index in [1.165, 1.54) is 37.9 Å². The third kappa shape index (κ3) is 3.69. The summed E-state index contributed by atoms with van der Waals surface area (Å²) in [6.45, 7) is 6.83. The minimum Gasteiger partial charge on any atom is -0.348 e. The van der Waals surface area contributed by atoms with Crippen LogP contribution in [0.15, 0.2) is 12.4 Å². The molecule has 0 saturated heterocycles. The highest BCUT2D eigenvalue weighted by molar-refractivity contribution is 4.96. The molecule has 1 aromatic rings. The average molecular weight is 208 g/mol. The molecule has 2 nitrogen and oxygen atoms in total. The number of hydrogen-bond donors (Lipinski definition) is 1. The quantitative estimate of drug-likeness (QED) is 0.717. The number of aromatic nitrogens is 2. The normalized spacial score (nSPS) is 15.1. The first-order chi connectivity index (χ1) is 7.31. The van der Waals surface area contributed by atoms with E-state index in [1.807, 2.05) is 12.4 Å². The van der Waals surface area contributed by atoms with E-state index >= 15 is 0 Å². The molecule has 0 amide bonds. The van der Waals surface area contributed by atoms with Crippen molar-refractivity contribution in [3.8, 4) is 0 Å². The number of imidazole rings is 1. The highest BCUT2D eigenvalue weighted by atomic mass is 14.9. The number of rotatable bonds is 7. The molecule has 0 radical (unpaired) electrons. The Morgan fingerprint density at radius 3 is 2.53 bits per heavy atom. The van der Waals surface area contributed by atoms with Crippen molar-refractivity contribution in [3.63, 3.8) is 0 Å². The van der Waals surface area contributed by atoms with Crippen LogP contribution in [0.4, 0.5) is 0 Å². The molecule has 1 rings (SSSR count). The van der Waals surface area contributed by atoms with Crippen LogP contribution in [0, 0.1) is 5.92 Å². The van der Waals surface area contributed by atoms with Crippen LogP contribution in [0.3, 0.4) is 0 Å². The minimum atomic E-state index is 0.622. The summed E-state index contributed by atoms with van der Waals surface area (Å²) in [5, 5.41) is 0. The van der Waals surface area contributed by atoms with Gasteiger partial charge in [-0.05, 0) is 18.8 Å². The van der Waals surface area contributed by atoms with Gasteiger partial charge in [-0.2, -0.15) is 0 Å². The molecule has 0 aliphatic carbocycles. The van der Waals surface area contributed by atoms with Crippen LogP contribution >= 0.6 is 0 Å². The van der Waals surface area contributed by atoms with Gasteiger partial charge in [-0.3, -0.25) is 0 Å². The fraction of sp³-hybridized carbons (Fsp3) is 0.769. The Balaban J connectivity index is 2.52. The first-order valence-corrected chi connectivity index (χ1v) is 6.31. The Morgan fingerprint density at radius 2 is 2.07 bits per heavy atom. The highest BCUT2D eigenvalue weighted by Crippen LogP contribution is 2.28. The largest absolute Gasteiger partial charge is 0.348 e. The standard InChI is InChI=1S/C13H24N2/c1-4-7-11(5-2)10-12(6-3)13-14-8-9-15-13/h8-9,11-12H,4-7,10H2,1-3H3,(H,14,15). The Hall–Kier alpha value is -0.790. The lowest BCUT2D eigenvalue weighted by atomic mass is 9.87. The van der Waals surface area contributed by atoms with Crippen molar-refractivity contribution < 1.29 is 0 Å². The van der Waals surface area contributed by atoms with Gasteiger partial charge in [0.2, 0.25) is 0 Å². The lowest BCUT2D eigenvalue weighted by molar-refractivity contribution is 0.381. The van der Waals surface area contributed by atoms with Gasteiger partial charge in [0.15, 0.2) is 0 Å². The van der Waals surface area contributed by atoms with Gasteiger partial charge in [0.05, 0.1) is 0 Å². The number of hydrogen-bond acceptors (Lipinski definition) is 1. The van der Waals surface area contributed by atoms with Gasteiger partial charge in [0.1, 0.15) is 5.82 Å². The van der Waals surface area contributed by atoms with Crippen molar-refractivity contribution in [2.45, 2.75) is 58.8 Å². The van der Waals surface area contributed by atoms with Crippen molar-refractivity contribution in [1.29, 1.82) is 0 Å². The molecular formula is C13H24N2. The summed E-state index contributed by atoms with van der Waals surface area (Å²) < 4.78 is 0. The van der Waals surface area contributed by atoms with Gasteiger partial charge in [-0.1, -0.05) is 40.0 Å². The molecular weight excluding hydrogens is 184 g/mol. The van der Waals surface area contributed by atoms with Gasteiger partial charge in [0.25, 0.3) is 0 Å². The van der Waals surface area contributed by atoms with Crippen LogP contribution in [-0.4, -0.2) is 9.97 Å². The predicted octanol–water partition coefficient (Wildman–Crippen LogP) is 4.12. The van der Waals surface area contributed by atoms with Crippen LogP contribution in [-0.2, 0) is 0 Å². The number of nitrogens with zero attached hydrogens (tertiary/aromatic N) is 1. The summed E-state index contributed by atoms with van der Waals surface area (Å²) in [5.41, 5.74) is 0. The summed E-state index contributed by atoms with van der Waals surface area (Å²) in [7, 11) is 0. The average Bonchev–Trinajstić information content (AvgIpc) is 2.77. The number of H-pyrrole nitrogens is 1. The first kappa shape index (κ1) is 12.3. The van der Waals surface area contributed by atoms with Crippen molar-refractivity contribution >= 4 is 0 Å². The van der Waals surface area contributed by atoms with Crippen molar-refractivity contribution in [3.05, 3.63) is 18.2 Å². The van der Waals surface area contributed by atoms with Gasteiger partial charge in [-0.25, -0.2) is 4.98 Å². The molecule has 0 bridgehead atoms. The maximum atomic E-state index is 4.38. The Morgan fingerprint density at radius 1 is 1.27 bits per heavy atom. The van der Waals surface area contributed by atoms with Gasteiger partial charge in [-0.15, -0.1) is 0 Å². The summed E-state index contributed by atoms with van der Waals surface area (Å²) in [6, 6.07) is 0. The van der Waals surface area contributed by atoms with Gasteiger partial charge >= 0.3 is 0 Å². The van der Waals surface area contributed by atoms with Crippen molar-refractivity contribution in [2.24, 2.45) is 5.92 Å². The lowest BCUT2D eigenvalue weighted by Gasteiger charge is -2.19. The van der Waals surface area contributed by atoms with Crippen LogP contribution < -0.4 is 0 Å². The molecule has 1 aromatic heterocycles. The third-order valence-corrected chi connectivity index (χ3v) is 3.29. The van der Waals surface area contributed by atoms with Crippen LogP contribution in [0.25, 0.3) is 0 Å². The van der Waals surface area contributed by atoms with E-state index in [4.69, 9.17) is 0 Å². The van der Waals surface area contributed by atoms with E-state index in [0.29, 0.717) is 5.92 Å². The third-order valence-electron chi connectivity index (χ3n) is 3.29. The molecule has 15 heavy (non-hydrogen) atoms. The molecule has 0 aliphatic rings. The van der Waals surface area contributed by atoms with Crippen LogP contribution in [0.5, 0.6) is 0 Å². The number of aromatic amines is 1. The highest BCUT2D eigenvalue weighted by Gasteiger charge is 2.16. The van der Waals surface area contributed by atoms with Gasteiger partial charge < -0.3 is 4.98 Å². The zero-order chi connectivity index (χ0) is 11.1. The minimum absolute atomic E-state index is 0.622. The Bertz CT molecular complexity index is 241. The number of nitrogens with one attached hydrogen (secondary N) is 1. The monoisotopic (exact) mass is 208 g/mol. The van der Waals surface area contributed by atoms with E-state index in [9.17, 15) is 0 Å². The van der Waals surface area contributed by atoms with Crippen molar-refractivity contribution in [1.82, 2.24) is 9.97 Å². The molecule has 1 heterocycles. The molecule has 2 unspecified atom stereocenters. The molecule has 0 aromatic carbocycles. The van der Waals surface area contributed by atoms with E-state index in [-0.39, 0.29) is 0 Å². The van der Waals surface area contributed by atoms with Crippen LogP contribution in [0.1, 0.15) is 64.6 Å². The molecule has 2 heteroatoms. The second-order valence-electron chi connectivity index (χ2n) is 4.38. The van der Waals surface area contributed by atoms with Crippen LogP contribution in [0.2, 0.25) is 0 Å². The smallest absolute Gasteiger partial charge is 0.109 e. The molecule has 0 spiro atoms. The lowest BCUT2D eigenvalue weighted by Crippen LogP contribution is -2.08. The predicted molar refractivity (Wildman–Crippen MR) is 64.9 cm³/mol. The molecule has 86 valence electrons. The summed E-state index contributed by atoms with van der Waals surface area (Å²) >= 11 is 0. The molecule has 2 atom stereocenters. The maximum absolute atomic E-state index is 4.38. The fourth-order valence-corrected chi connectivity index (χ4v) is 2.27. The summed E-state index contributed by atoms with van der Waals surface area (Å²) in [6.07, 6.45) is 10.2. The van der Waals surface area contributed by atoms with E-state index in [2.05, 4.69) is 30.7 Å². The Labute approximate surface area is 93.5 Å². The van der Waals surface area contributed by atoms with E-state index in [1.54, 1.807) is 0 Å². The van der Waals surface area contributed by atoms with Gasteiger partial charge in [0, 0.05) is 18.3 Å². The fourth-order valence-electron chi connectivity index (χ4n) is 2.27. The first-order valence-electron chi connectivity index (χ1n) is 6.31. The molecule has 0 saturated carbocycles. The van der Waals surface area contributed by atoms with E-state index in [0.717, 1.165) is 5.92 Å². The maximum Gasteiger partial charge on any atom is 0.109 e. The van der Waals surface area contributed by atoms with Crippen molar-refractivity contribution in [2.75, 3.05) is 0 Å². The summed E-state index contributed by atoms with van der Waals surface area (Å²) in [4.78, 5) is 7.63. The molecule has 0 aliphatic heterocycles. The zero-order valence-electron chi connectivity index (χ0n) is 10.3. The van der Waals surface area contributed by atoms with E-state index < -0.39 is 0 Å². The Kier molecular flexibility index (Phi) is 5.44. The molecule has 0 fully saturated rings. The zero-order valence-corrected chi connectivity index (χ0v) is 10.3. The topological polar surface area (TPSA) is 28.7 Å².